The molecular formula is C33H55BN2O4. The molecule has 0 unspecified atom stereocenters. The maximum atomic E-state index is 13.0. The average molecular weight is 555 g/mol. The summed E-state index contributed by atoms with van der Waals surface area (Å²) in [5.74, 6) is 0.715. The Balaban J connectivity index is 1.51. The van der Waals surface area contributed by atoms with Crippen LogP contribution >= 0.6 is 0 Å². The fourth-order valence-corrected chi connectivity index (χ4v) is 7.45. The van der Waals surface area contributed by atoms with Crippen molar-refractivity contribution in [3.8, 4) is 0 Å². The first-order chi connectivity index (χ1) is 19.4. The maximum absolute atomic E-state index is 13.0. The van der Waals surface area contributed by atoms with Crippen LogP contribution in [-0.2, 0) is 20.5 Å². The summed E-state index contributed by atoms with van der Waals surface area (Å²) in [6.07, 6.45) is 16.6. The van der Waals surface area contributed by atoms with Gasteiger partial charge in [-0.2, -0.15) is 0 Å². The van der Waals surface area contributed by atoms with Crippen LogP contribution in [0.2, 0.25) is 0 Å². The molecule has 0 radical (unpaired) electrons. The van der Waals surface area contributed by atoms with Gasteiger partial charge in [-0.15, -0.1) is 0 Å². The van der Waals surface area contributed by atoms with Gasteiger partial charge in [0.25, 0.3) is 0 Å². The first-order valence-corrected chi connectivity index (χ1v) is 16.4. The van der Waals surface area contributed by atoms with E-state index >= 15 is 0 Å². The number of ether oxygens (including phenoxy) is 1. The first kappa shape index (κ1) is 31.4. The van der Waals surface area contributed by atoms with Crippen molar-refractivity contribution in [1.29, 1.82) is 0 Å². The van der Waals surface area contributed by atoms with Crippen molar-refractivity contribution in [1.82, 2.24) is 10.6 Å². The van der Waals surface area contributed by atoms with E-state index in [1.807, 2.05) is 18.2 Å². The van der Waals surface area contributed by atoms with E-state index in [1.165, 1.54) is 64.2 Å². The van der Waals surface area contributed by atoms with Crippen molar-refractivity contribution in [2.24, 2.45) is 17.3 Å². The molecule has 2 bridgehead atoms. The second-order valence-electron chi connectivity index (χ2n) is 13.2. The first-order valence-electron chi connectivity index (χ1n) is 16.4. The Bertz CT molecular complexity index is 863. The Morgan fingerprint density at radius 2 is 1.70 bits per heavy atom. The highest BCUT2D eigenvalue weighted by Gasteiger charge is 2.44. The van der Waals surface area contributed by atoms with Gasteiger partial charge in [0.15, 0.2) is 0 Å². The van der Waals surface area contributed by atoms with Crippen molar-refractivity contribution in [2.45, 2.75) is 129 Å². The smallest absolute Gasteiger partial charge is 0.448 e. The number of alkyl carbamates (subject to hydrolysis) is 1. The molecule has 5 atom stereocenters. The Hall–Kier alpha value is -1.57. The highest BCUT2D eigenvalue weighted by molar-refractivity contribution is 6.47. The monoisotopic (exact) mass is 554 g/mol. The van der Waals surface area contributed by atoms with Gasteiger partial charge < -0.3 is 24.7 Å². The zero-order valence-electron chi connectivity index (χ0n) is 25.5. The fourth-order valence-electron chi connectivity index (χ4n) is 7.45. The summed E-state index contributed by atoms with van der Waals surface area (Å²) in [5.41, 5.74) is 1.32. The number of amides is 1. The maximum Gasteiger partial charge on any atom is 0.481 e. The third-order valence-electron chi connectivity index (χ3n) is 10.00. The number of hydrogen-bond donors (Lipinski definition) is 2. The molecule has 1 saturated carbocycles. The Labute approximate surface area is 244 Å². The molecule has 0 spiro atoms. The molecule has 3 aliphatic rings. The van der Waals surface area contributed by atoms with Gasteiger partial charge in [-0.25, -0.2) is 4.79 Å². The molecular weight excluding hydrogens is 499 g/mol. The standard InChI is InChI=1S/C33H55BN2O4/c1-26-30-20-14-9-7-5-4-6-8-13-18-28(33(30,2)3)21-23-39-34(40-26)31(24-27-16-11-10-12-17-27)36-32(37)38-25-29-19-15-22-35-29/h10-12,16-17,26,28-31,35H,4-9,13-15,18-25H2,1-3H3,(H,36,37)/t26-,28-,29+,30+,31-/m0/s1. The summed E-state index contributed by atoms with van der Waals surface area (Å²) in [6, 6.07) is 10.6. The van der Waals surface area contributed by atoms with E-state index in [4.69, 9.17) is 14.0 Å². The number of carbonyl (C=O) groups excluding carboxylic acids is 1. The molecule has 1 aromatic carbocycles. The Morgan fingerprint density at radius 1 is 1.00 bits per heavy atom. The molecule has 1 aromatic rings. The van der Waals surface area contributed by atoms with Gasteiger partial charge in [0.1, 0.15) is 6.61 Å². The number of rotatable bonds is 6. The molecule has 0 aromatic heterocycles. The predicted molar refractivity (Wildman–Crippen MR) is 163 cm³/mol. The SMILES string of the molecule is C[C@@H]1OB([C@H](Cc2ccccc2)NC(=O)OC[C@H]2CCCN2)OCC[C@@H]2CCCCCCCCCC[C@H]1C2(C)C. The van der Waals surface area contributed by atoms with Gasteiger partial charge >= 0.3 is 13.2 Å². The lowest BCUT2D eigenvalue weighted by Gasteiger charge is -2.44. The lowest BCUT2D eigenvalue weighted by Crippen LogP contribution is -2.53. The molecule has 1 amide bonds. The van der Waals surface area contributed by atoms with Crippen molar-refractivity contribution < 1.29 is 18.8 Å². The molecule has 224 valence electrons. The molecule has 4 rings (SSSR count). The van der Waals surface area contributed by atoms with Gasteiger partial charge in [-0.3, -0.25) is 0 Å². The van der Waals surface area contributed by atoms with E-state index in [0.29, 0.717) is 31.5 Å². The van der Waals surface area contributed by atoms with Crippen molar-refractivity contribution >= 4 is 13.2 Å². The summed E-state index contributed by atoms with van der Waals surface area (Å²) >= 11 is 0. The van der Waals surface area contributed by atoms with Crippen LogP contribution in [0.4, 0.5) is 4.79 Å². The van der Waals surface area contributed by atoms with Crippen LogP contribution in [0.3, 0.4) is 0 Å². The number of benzene rings is 1. The van der Waals surface area contributed by atoms with Crippen LogP contribution in [0, 0.1) is 17.3 Å². The van der Waals surface area contributed by atoms with Gasteiger partial charge in [0, 0.05) is 18.8 Å². The van der Waals surface area contributed by atoms with E-state index in [1.54, 1.807) is 0 Å². The van der Waals surface area contributed by atoms with Crippen molar-refractivity contribution in [3.63, 3.8) is 0 Å². The van der Waals surface area contributed by atoms with Crippen LogP contribution in [-0.4, -0.2) is 51.1 Å². The average Bonchev–Trinajstić information content (AvgIpc) is 3.47. The van der Waals surface area contributed by atoms with E-state index in [-0.39, 0.29) is 23.5 Å². The number of hydrogen-bond acceptors (Lipinski definition) is 5. The minimum Gasteiger partial charge on any atom is -0.448 e. The number of nitrogens with one attached hydrogen (secondary N) is 2. The summed E-state index contributed by atoms with van der Waals surface area (Å²) in [5, 5.41) is 6.56. The number of carbonyl (C=O) groups is 1. The predicted octanol–water partition coefficient (Wildman–Crippen LogP) is 7.10. The Kier molecular flexibility index (Phi) is 12.7. The van der Waals surface area contributed by atoms with E-state index in [9.17, 15) is 4.79 Å². The van der Waals surface area contributed by atoms with E-state index in [2.05, 4.69) is 43.5 Å². The zero-order chi connectivity index (χ0) is 28.2. The lowest BCUT2D eigenvalue weighted by molar-refractivity contribution is 0.0102. The van der Waals surface area contributed by atoms with Gasteiger partial charge in [0.2, 0.25) is 0 Å². The molecule has 7 heteroatoms. The topological polar surface area (TPSA) is 68.8 Å². The highest BCUT2D eigenvalue weighted by atomic mass is 16.6. The molecule has 1 aliphatic carbocycles. The van der Waals surface area contributed by atoms with Crippen LogP contribution in [0.25, 0.3) is 0 Å². The van der Waals surface area contributed by atoms with Crippen molar-refractivity contribution in [3.05, 3.63) is 35.9 Å². The van der Waals surface area contributed by atoms with Gasteiger partial charge in [-0.05, 0) is 74.8 Å². The van der Waals surface area contributed by atoms with Gasteiger partial charge in [-0.1, -0.05) is 95.5 Å². The van der Waals surface area contributed by atoms with Crippen LogP contribution in [0.5, 0.6) is 0 Å². The van der Waals surface area contributed by atoms with Crippen LogP contribution < -0.4 is 10.6 Å². The summed E-state index contributed by atoms with van der Waals surface area (Å²) in [6.45, 7) is 9.24. The Morgan fingerprint density at radius 3 is 2.40 bits per heavy atom. The quantitative estimate of drug-likeness (QED) is 0.367. The molecule has 6 nitrogen and oxygen atoms in total. The third kappa shape index (κ3) is 9.49. The second kappa shape index (κ2) is 16.2. The molecule has 40 heavy (non-hydrogen) atoms. The normalized spacial score (nSPS) is 29.4. The van der Waals surface area contributed by atoms with Gasteiger partial charge in [0.05, 0.1) is 5.94 Å². The van der Waals surface area contributed by atoms with Crippen LogP contribution in [0.1, 0.15) is 110 Å². The third-order valence-corrected chi connectivity index (χ3v) is 10.00. The highest BCUT2D eigenvalue weighted by Crippen LogP contribution is 2.46. The summed E-state index contributed by atoms with van der Waals surface area (Å²) in [7, 11) is -0.525. The minimum atomic E-state index is -0.525. The molecule has 3 fully saturated rings. The van der Waals surface area contributed by atoms with E-state index < -0.39 is 13.2 Å². The number of fused-ring (bicyclic) bond motifs is 2. The van der Waals surface area contributed by atoms with E-state index in [0.717, 1.165) is 31.4 Å². The summed E-state index contributed by atoms with van der Waals surface area (Å²) < 4.78 is 19.1. The van der Waals surface area contributed by atoms with Crippen LogP contribution in [0.15, 0.2) is 30.3 Å². The zero-order valence-corrected chi connectivity index (χ0v) is 25.5. The minimum absolute atomic E-state index is 0.0320. The lowest BCUT2D eigenvalue weighted by atomic mass is 9.63. The molecule has 2 aliphatic heterocycles. The molecule has 2 heterocycles. The molecule has 2 N–H and O–H groups in total. The summed E-state index contributed by atoms with van der Waals surface area (Å²) in [4.78, 5) is 13.0. The van der Waals surface area contributed by atoms with Crippen molar-refractivity contribution in [2.75, 3.05) is 19.8 Å². The second-order valence-corrected chi connectivity index (χ2v) is 13.2. The molecule has 2 saturated heterocycles. The fraction of sp³-hybridized carbons (Fsp3) is 0.788. The largest absolute Gasteiger partial charge is 0.481 e.